The first kappa shape index (κ1) is 11.4. The van der Waals surface area contributed by atoms with Crippen molar-refractivity contribution >= 4 is 15.8 Å². The molecule has 0 amide bonds. The van der Waals surface area contributed by atoms with Gasteiger partial charge in [-0.15, -0.1) is 0 Å². The highest BCUT2D eigenvalue weighted by molar-refractivity contribution is 7.91. The third-order valence-corrected chi connectivity index (χ3v) is 3.83. The van der Waals surface area contributed by atoms with E-state index in [2.05, 4.69) is 4.74 Å². The van der Waals surface area contributed by atoms with Crippen LogP contribution < -0.4 is 0 Å². The molecule has 0 aliphatic carbocycles. The molecule has 4 nitrogen and oxygen atoms in total. The van der Waals surface area contributed by atoms with Crippen molar-refractivity contribution in [1.82, 2.24) is 0 Å². The van der Waals surface area contributed by atoms with E-state index in [0.717, 1.165) is 7.11 Å². The zero-order valence-corrected chi connectivity index (χ0v) is 8.31. The van der Waals surface area contributed by atoms with E-state index in [1.807, 2.05) is 0 Å². The fourth-order valence-electron chi connectivity index (χ4n) is 1.31. The molecule has 0 aromatic rings. The van der Waals surface area contributed by atoms with Crippen LogP contribution in [0.1, 0.15) is 6.42 Å². The first-order chi connectivity index (χ1) is 6.28. The van der Waals surface area contributed by atoms with E-state index < -0.39 is 45.6 Å². The van der Waals surface area contributed by atoms with Gasteiger partial charge < -0.3 is 4.74 Å². The van der Waals surface area contributed by atoms with E-state index >= 15 is 0 Å². The molecule has 1 unspecified atom stereocenters. The summed E-state index contributed by atoms with van der Waals surface area (Å²) in [5.41, 5.74) is 0. The predicted molar refractivity (Wildman–Crippen MR) is 43.7 cm³/mol. The van der Waals surface area contributed by atoms with E-state index in [1.54, 1.807) is 0 Å². The van der Waals surface area contributed by atoms with Crippen molar-refractivity contribution in [3.05, 3.63) is 0 Å². The summed E-state index contributed by atoms with van der Waals surface area (Å²) in [6.45, 7) is 0. The van der Waals surface area contributed by atoms with Gasteiger partial charge >= 0.3 is 5.97 Å². The van der Waals surface area contributed by atoms with Crippen molar-refractivity contribution in [3.8, 4) is 0 Å². The smallest absolute Gasteiger partial charge is 0.315 e. The lowest BCUT2D eigenvalue weighted by Gasteiger charge is -2.28. The van der Waals surface area contributed by atoms with Gasteiger partial charge in [0.25, 0.3) is 5.92 Å². The highest BCUT2D eigenvalue weighted by atomic mass is 32.2. The van der Waals surface area contributed by atoms with Gasteiger partial charge in [0.2, 0.25) is 0 Å². The van der Waals surface area contributed by atoms with Crippen LogP contribution in [0.25, 0.3) is 0 Å². The number of carbonyl (C=O) groups is 1. The summed E-state index contributed by atoms with van der Waals surface area (Å²) in [5, 5.41) is 0. The van der Waals surface area contributed by atoms with Crippen LogP contribution in [-0.2, 0) is 19.4 Å². The number of methoxy groups -OCH3 is 1. The van der Waals surface area contributed by atoms with Gasteiger partial charge in [-0.05, 0) is 0 Å². The Bertz CT molecular complexity index is 336. The summed E-state index contributed by atoms with van der Waals surface area (Å²) in [6, 6.07) is 0. The molecule has 1 saturated heterocycles. The van der Waals surface area contributed by atoms with E-state index in [9.17, 15) is 22.0 Å². The highest BCUT2D eigenvalue weighted by Gasteiger charge is 2.51. The lowest BCUT2D eigenvalue weighted by molar-refractivity contribution is -0.159. The Labute approximate surface area is 80.2 Å². The number of hydrogen-bond acceptors (Lipinski definition) is 4. The maximum atomic E-state index is 13.1. The molecule has 0 aromatic carbocycles. The van der Waals surface area contributed by atoms with Crippen LogP contribution in [0.3, 0.4) is 0 Å². The molecule has 1 atom stereocenters. The fraction of sp³-hybridized carbons (Fsp3) is 0.857. The minimum Gasteiger partial charge on any atom is -0.469 e. The number of esters is 1. The molecule has 1 aliphatic heterocycles. The predicted octanol–water partition coefficient (Wildman–Crippen LogP) is 0.229. The van der Waals surface area contributed by atoms with Crippen LogP contribution >= 0.6 is 0 Å². The molecule has 1 rings (SSSR count). The Kier molecular flexibility index (Phi) is 2.80. The van der Waals surface area contributed by atoms with Gasteiger partial charge in [-0.2, -0.15) is 0 Å². The van der Waals surface area contributed by atoms with Crippen molar-refractivity contribution < 1.29 is 26.7 Å². The number of halogens is 2. The van der Waals surface area contributed by atoms with Gasteiger partial charge in [0.15, 0.2) is 9.84 Å². The summed E-state index contributed by atoms with van der Waals surface area (Å²) in [7, 11) is -2.58. The molecular formula is C7H10F2O4S. The van der Waals surface area contributed by atoms with Crippen molar-refractivity contribution in [3.63, 3.8) is 0 Å². The summed E-state index contributed by atoms with van der Waals surface area (Å²) in [5.74, 6) is -7.71. The second kappa shape index (κ2) is 3.45. The Morgan fingerprint density at radius 3 is 2.57 bits per heavy atom. The van der Waals surface area contributed by atoms with Gasteiger partial charge in [0, 0.05) is 6.42 Å². The minimum atomic E-state index is -3.54. The zero-order chi connectivity index (χ0) is 11.0. The Hall–Kier alpha value is -0.720. The normalized spacial score (nSPS) is 29.5. The van der Waals surface area contributed by atoms with Crippen LogP contribution in [0.2, 0.25) is 0 Å². The maximum Gasteiger partial charge on any atom is 0.315 e. The first-order valence-electron chi connectivity index (χ1n) is 3.94. The second-order valence-corrected chi connectivity index (χ2v) is 5.43. The lowest BCUT2D eigenvalue weighted by Crippen LogP contribution is -2.46. The number of rotatable bonds is 1. The number of ether oxygens (including phenoxy) is 1. The van der Waals surface area contributed by atoms with Crippen LogP contribution in [0.15, 0.2) is 0 Å². The zero-order valence-electron chi connectivity index (χ0n) is 7.50. The van der Waals surface area contributed by atoms with Crippen LogP contribution in [-0.4, -0.2) is 38.9 Å². The maximum absolute atomic E-state index is 13.1. The summed E-state index contributed by atoms with van der Waals surface area (Å²) < 4.78 is 52.4. The molecule has 14 heavy (non-hydrogen) atoms. The SMILES string of the molecule is COC(=O)C1CS(=O)(=O)CCC1(F)F. The Morgan fingerprint density at radius 2 is 2.07 bits per heavy atom. The average molecular weight is 228 g/mol. The summed E-state index contributed by atoms with van der Waals surface area (Å²) >= 11 is 0. The summed E-state index contributed by atoms with van der Waals surface area (Å²) in [4.78, 5) is 10.9. The second-order valence-electron chi connectivity index (χ2n) is 3.20. The number of carbonyl (C=O) groups excluding carboxylic acids is 1. The minimum absolute atomic E-state index is 0.576. The van der Waals surface area contributed by atoms with Crippen molar-refractivity contribution in [2.24, 2.45) is 5.92 Å². The van der Waals surface area contributed by atoms with Gasteiger partial charge in [-0.1, -0.05) is 0 Å². The number of sulfone groups is 1. The summed E-state index contributed by atoms with van der Waals surface area (Å²) in [6.07, 6.45) is -0.810. The van der Waals surface area contributed by atoms with E-state index in [1.165, 1.54) is 0 Å². The molecule has 7 heteroatoms. The van der Waals surface area contributed by atoms with Crippen LogP contribution in [0.4, 0.5) is 8.78 Å². The van der Waals surface area contributed by atoms with E-state index in [4.69, 9.17) is 0 Å². The van der Waals surface area contributed by atoms with Gasteiger partial charge in [-0.3, -0.25) is 4.79 Å². The average Bonchev–Trinajstić information content (AvgIpc) is 2.09. The van der Waals surface area contributed by atoms with Crippen LogP contribution in [0, 0.1) is 5.92 Å². The topological polar surface area (TPSA) is 60.4 Å². The van der Waals surface area contributed by atoms with Crippen LogP contribution in [0.5, 0.6) is 0 Å². The molecule has 0 N–H and O–H groups in total. The van der Waals surface area contributed by atoms with Crippen molar-refractivity contribution in [2.45, 2.75) is 12.3 Å². The van der Waals surface area contributed by atoms with E-state index in [0.29, 0.717) is 0 Å². The Balaban J connectivity index is 2.93. The monoisotopic (exact) mass is 228 g/mol. The molecule has 1 fully saturated rings. The van der Waals surface area contributed by atoms with Gasteiger partial charge in [0.05, 0.1) is 18.6 Å². The molecule has 0 bridgehead atoms. The number of alkyl halides is 2. The molecule has 0 saturated carbocycles. The molecule has 1 aliphatic rings. The third-order valence-electron chi connectivity index (χ3n) is 2.16. The third kappa shape index (κ3) is 2.20. The molecule has 0 spiro atoms. The largest absolute Gasteiger partial charge is 0.469 e. The van der Waals surface area contributed by atoms with Crippen molar-refractivity contribution in [2.75, 3.05) is 18.6 Å². The van der Waals surface area contributed by atoms with Gasteiger partial charge in [0.1, 0.15) is 5.92 Å². The van der Waals surface area contributed by atoms with Crippen molar-refractivity contribution in [1.29, 1.82) is 0 Å². The quantitative estimate of drug-likeness (QED) is 0.603. The fourth-order valence-corrected chi connectivity index (χ4v) is 2.95. The molecule has 82 valence electrons. The molecular weight excluding hydrogens is 218 g/mol. The van der Waals surface area contributed by atoms with Gasteiger partial charge in [-0.25, -0.2) is 17.2 Å². The Morgan fingerprint density at radius 1 is 1.50 bits per heavy atom. The highest BCUT2D eigenvalue weighted by Crippen LogP contribution is 2.35. The van der Waals surface area contributed by atoms with E-state index in [-0.39, 0.29) is 0 Å². The lowest BCUT2D eigenvalue weighted by atomic mass is 10.0. The first-order valence-corrected chi connectivity index (χ1v) is 5.77. The molecule has 1 heterocycles. The number of hydrogen-bond donors (Lipinski definition) is 0. The molecule has 0 aromatic heterocycles. The standard InChI is InChI=1S/C7H10F2O4S/c1-13-6(10)5-4-14(11,12)3-2-7(5,8)9/h5H,2-4H2,1H3. The molecule has 0 radical (unpaired) electrons.